The second-order valence-corrected chi connectivity index (χ2v) is 6.72. The minimum absolute atomic E-state index is 0.229. The topological polar surface area (TPSA) is 12.0 Å². The van der Waals surface area contributed by atoms with Crippen LogP contribution in [0.1, 0.15) is 43.6 Å². The first-order chi connectivity index (χ1) is 10.3. The van der Waals surface area contributed by atoms with Gasteiger partial charge in [-0.1, -0.05) is 50.2 Å². The van der Waals surface area contributed by atoms with Crippen LogP contribution < -0.4 is 5.32 Å². The van der Waals surface area contributed by atoms with Crippen LogP contribution in [0.3, 0.4) is 0 Å². The van der Waals surface area contributed by atoms with Gasteiger partial charge in [-0.05, 0) is 49.7 Å². The van der Waals surface area contributed by atoms with Gasteiger partial charge in [0.05, 0.1) is 0 Å². The molecule has 2 heteroatoms. The summed E-state index contributed by atoms with van der Waals surface area (Å²) in [4.78, 5) is 1.49. The highest BCUT2D eigenvalue weighted by Crippen LogP contribution is 2.37. The molecule has 0 fully saturated rings. The smallest absolute Gasteiger partial charge is 0.0164 e. The minimum Gasteiger partial charge on any atom is -0.316 e. The fourth-order valence-corrected chi connectivity index (χ4v) is 4.29. The van der Waals surface area contributed by atoms with Crippen molar-refractivity contribution in [2.75, 3.05) is 7.05 Å². The van der Waals surface area contributed by atoms with E-state index in [4.69, 9.17) is 0 Å². The zero-order valence-corrected chi connectivity index (χ0v) is 14.2. The van der Waals surface area contributed by atoms with E-state index in [2.05, 4.69) is 74.1 Å². The summed E-state index contributed by atoms with van der Waals surface area (Å²) in [7, 11) is 2.11. The largest absolute Gasteiger partial charge is 0.316 e. The fraction of sp³-hybridized carbons (Fsp3) is 0.474. The van der Waals surface area contributed by atoms with Gasteiger partial charge in [0, 0.05) is 16.3 Å². The monoisotopic (exact) mass is 301 g/mol. The fourth-order valence-electron chi connectivity index (χ4n) is 3.56. The van der Waals surface area contributed by atoms with Gasteiger partial charge in [0.1, 0.15) is 0 Å². The molecule has 2 aromatic rings. The summed E-state index contributed by atoms with van der Waals surface area (Å²) in [5.41, 5.74) is 1.70. The Morgan fingerprint density at radius 1 is 1.05 bits per heavy atom. The molecule has 0 spiro atoms. The van der Waals surface area contributed by atoms with Gasteiger partial charge >= 0.3 is 0 Å². The summed E-state index contributed by atoms with van der Waals surface area (Å²) >= 11 is 1.87. The molecule has 0 aliphatic carbocycles. The van der Waals surface area contributed by atoms with E-state index >= 15 is 0 Å². The van der Waals surface area contributed by atoms with E-state index in [0.29, 0.717) is 6.04 Å². The van der Waals surface area contributed by atoms with E-state index in [0.717, 1.165) is 6.42 Å². The summed E-state index contributed by atoms with van der Waals surface area (Å²) in [6, 6.07) is 15.9. The zero-order valence-electron chi connectivity index (χ0n) is 13.4. The van der Waals surface area contributed by atoms with Crippen LogP contribution >= 0.6 is 11.3 Å². The molecule has 1 aromatic carbocycles. The van der Waals surface area contributed by atoms with Gasteiger partial charge in [-0.2, -0.15) is 0 Å². The number of thiophene rings is 1. The molecule has 0 amide bonds. The van der Waals surface area contributed by atoms with Crippen molar-refractivity contribution in [3.8, 4) is 0 Å². The third-order valence-electron chi connectivity index (χ3n) is 4.89. The first-order valence-electron chi connectivity index (χ1n) is 8.02. The van der Waals surface area contributed by atoms with Crippen molar-refractivity contribution in [2.24, 2.45) is 0 Å². The lowest BCUT2D eigenvalue weighted by atomic mass is 9.69. The van der Waals surface area contributed by atoms with Crippen molar-refractivity contribution in [1.82, 2.24) is 5.32 Å². The van der Waals surface area contributed by atoms with E-state index in [1.165, 1.54) is 29.7 Å². The zero-order chi connectivity index (χ0) is 15.1. The summed E-state index contributed by atoms with van der Waals surface area (Å²) < 4.78 is 0. The van der Waals surface area contributed by atoms with Crippen LogP contribution in [0.25, 0.3) is 0 Å². The molecule has 2 rings (SSSR count). The van der Waals surface area contributed by atoms with Crippen LogP contribution in [0.2, 0.25) is 0 Å². The van der Waals surface area contributed by atoms with Crippen molar-refractivity contribution in [1.29, 1.82) is 0 Å². The molecule has 1 N–H and O–H groups in total. The third kappa shape index (κ3) is 3.56. The van der Waals surface area contributed by atoms with Crippen LogP contribution in [0.4, 0.5) is 0 Å². The molecule has 1 nitrogen and oxygen atoms in total. The Kier molecular flexibility index (Phi) is 6.01. The molecule has 1 aromatic heterocycles. The van der Waals surface area contributed by atoms with E-state index < -0.39 is 0 Å². The standard InChI is InChI=1S/C19H27NS/c1-4-19(5-2,16-10-7-6-8-11-16)18(20-3)14-13-17-12-9-15-21-17/h6-12,15,18,20H,4-5,13-14H2,1-3H3. The molecular formula is C19H27NS. The van der Waals surface area contributed by atoms with Crippen LogP contribution in [0.5, 0.6) is 0 Å². The second-order valence-electron chi connectivity index (χ2n) is 5.69. The van der Waals surface area contributed by atoms with Crippen LogP contribution in [-0.4, -0.2) is 13.1 Å². The van der Waals surface area contributed by atoms with E-state index in [9.17, 15) is 0 Å². The van der Waals surface area contributed by atoms with Gasteiger partial charge in [-0.25, -0.2) is 0 Å². The molecule has 0 saturated heterocycles. The second kappa shape index (κ2) is 7.77. The molecule has 114 valence electrons. The number of hydrogen-bond acceptors (Lipinski definition) is 2. The maximum Gasteiger partial charge on any atom is 0.0164 e. The predicted molar refractivity (Wildman–Crippen MR) is 94.2 cm³/mol. The molecule has 0 aliphatic heterocycles. The van der Waals surface area contributed by atoms with Crippen molar-refractivity contribution in [3.05, 3.63) is 58.3 Å². The molecule has 21 heavy (non-hydrogen) atoms. The number of nitrogens with one attached hydrogen (secondary N) is 1. The van der Waals surface area contributed by atoms with Gasteiger partial charge in [0.15, 0.2) is 0 Å². The number of likely N-dealkylation sites (N-methyl/N-ethyl adjacent to an activating group) is 1. The lowest BCUT2D eigenvalue weighted by Crippen LogP contribution is -2.46. The average Bonchev–Trinajstić information content (AvgIpc) is 3.06. The van der Waals surface area contributed by atoms with Gasteiger partial charge in [0.2, 0.25) is 0 Å². The quantitative estimate of drug-likeness (QED) is 0.721. The maximum absolute atomic E-state index is 3.61. The lowest BCUT2D eigenvalue weighted by Gasteiger charge is -2.40. The normalized spacial score (nSPS) is 13.3. The number of aryl methyl sites for hydroxylation is 1. The molecule has 1 atom stereocenters. The Labute approximate surface area is 133 Å². The number of rotatable bonds is 8. The molecule has 0 radical (unpaired) electrons. The van der Waals surface area contributed by atoms with Crippen molar-refractivity contribution < 1.29 is 0 Å². The highest BCUT2D eigenvalue weighted by Gasteiger charge is 2.36. The number of hydrogen-bond donors (Lipinski definition) is 1. The van der Waals surface area contributed by atoms with Gasteiger partial charge in [-0.15, -0.1) is 11.3 Å². The maximum atomic E-state index is 3.61. The first-order valence-corrected chi connectivity index (χ1v) is 8.90. The van der Waals surface area contributed by atoms with Gasteiger partial charge in [0.25, 0.3) is 0 Å². The van der Waals surface area contributed by atoms with Crippen LogP contribution in [-0.2, 0) is 11.8 Å². The Hall–Kier alpha value is -1.12. The minimum atomic E-state index is 0.229. The van der Waals surface area contributed by atoms with Gasteiger partial charge < -0.3 is 5.32 Å². The van der Waals surface area contributed by atoms with Crippen molar-refractivity contribution >= 4 is 11.3 Å². The van der Waals surface area contributed by atoms with Crippen molar-refractivity contribution in [3.63, 3.8) is 0 Å². The molecular weight excluding hydrogens is 274 g/mol. The highest BCUT2D eigenvalue weighted by atomic mass is 32.1. The van der Waals surface area contributed by atoms with E-state index in [-0.39, 0.29) is 5.41 Å². The first kappa shape index (κ1) is 16.3. The van der Waals surface area contributed by atoms with E-state index in [1.807, 2.05) is 11.3 Å². The van der Waals surface area contributed by atoms with Gasteiger partial charge in [-0.3, -0.25) is 0 Å². The molecule has 0 bridgehead atoms. The van der Waals surface area contributed by atoms with Crippen molar-refractivity contribution in [2.45, 2.75) is 51.0 Å². The van der Waals surface area contributed by atoms with Crippen LogP contribution in [0.15, 0.2) is 47.8 Å². The predicted octanol–water partition coefficient (Wildman–Crippen LogP) is 5.03. The summed E-state index contributed by atoms with van der Waals surface area (Å²) in [6.45, 7) is 4.65. The molecule has 1 heterocycles. The summed E-state index contributed by atoms with van der Waals surface area (Å²) in [5.74, 6) is 0. The SMILES string of the molecule is CCC(CC)(c1ccccc1)C(CCc1cccs1)NC. The Bertz CT molecular complexity index is 500. The van der Waals surface area contributed by atoms with E-state index in [1.54, 1.807) is 0 Å². The summed E-state index contributed by atoms with van der Waals surface area (Å²) in [6.07, 6.45) is 4.69. The Morgan fingerprint density at radius 3 is 2.29 bits per heavy atom. The molecule has 1 unspecified atom stereocenters. The third-order valence-corrected chi connectivity index (χ3v) is 5.82. The Balaban J connectivity index is 2.21. The van der Waals surface area contributed by atoms with Crippen LogP contribution in [0, 0.1) is 0 Å². The Morgan fingerprint density at radius 2 is 1.76 bits per heavy atom. The average molecular weight is 301 g/mol. The summed E-state index contributed by atoms with van der Waals surface area (Å²) in [5, 5.41) is 5.78. The molecule has 0 saturated carbocycles. The number of benzene rings is 1. The highest BCUT2D eigenvalue weighted by molar-refractivity contribution is 7.09. The lowest BCUT2D eigenvalue weighted by molar-refractivity contribution is 0.270. The molecule has 0 aliphatic rings.